The van der Waals surface area contributed by atoms with E-state index in [0.29, 0.717) is 5.92 Å². The minimum absolute atomic E-state index is 0.216. The van der Waals surface area contributed by atoms with Gasteiger partial charge in [0.15, 0.2) is 0 Å². The van der Waals surface area contributed by atoms with E-state index < -0.39 is 0 Å². The summed E-state index contributed by atoms with van der Waals surface area (Å²) >= 11 is 0. The molecule has 0 N–H and O–H groups in total. The van der Waals surface area contributed by atoms with Crippen molar-refractivity contribution in [3.63, 3.8) is 0 Å². The molecule has 1 aromatic carbocycles. The van der Waals surface area contributed by atoms with E-state index in [0.717, 1.165) is 5.57 Å². The van der Waals surface area contributed by atoms with Crippen molar-refractivity contribution in [3.05, 3.63) is 54.1 Å². The highest BCUT2D eigenvalue weighted by Crippen LogP contribution is 2.24. The lowest BCUT2D eigenvalue weighted by Crippen LogP contribution is -2.10. The van der Waals surface area contributed by atoms with Gasteiger partial charge in [-0.05, 0) is 28.0 Å². The van der Waals surface area contributed by atoms with E-state index in [1.165, 1.54) is 11.1 Å². The predicted molar refractivity (Wildman–Crippen MR) is 78.2 cm³/mol. The van der Waals surface area contributed by atoms with Gasteiger partial charge >= 0.3 is 0 Å². The maximum absolute atomic E-state index is 4.10. The molecule has 0 aliphatic rings. The Hall–Kier alpha value is -1.30. The standard InChI is InChI=1S/C17H24/c1-13(2)7-8-14(3)15-9-11-16(12-10-15)17(4,5)6/h7-13H,3H2,1-2,4-6H3/b8-7+. The Balaban J connectivity index is 2.85. The first-order chi connectivity index (χ1) is 7.80. The molecule has 0 aliphatic carbocycles. The van der Waals surface area contributed by atoms with E-state index in [9.17, 15) is 0 Å². The first kappa shape index (κ1) is 13.8. The molecule has 1 aromatic rings. The molecule has 0 atom stereocenters. The van der Waals surface area contributed by atoms with Crippen LogP contribution in [0.3, 0.4) is 0 Å². The molecule has 0 nitrogen and oxygen atoms in total. The normalized spacial score (nSPS) is 12.4. The summed E-state index contributed by atoms with van der Waals surface area (Å²) in [6, 6.07) is 8.72. The fourth-order valence-corrected chi connectivity index (χ4v) is 1.59. The molecule has 0 aliphatic heterocycles. The lowest BCUT2D eigenvalue weighted by Gasteiger charge is -2.19. The second-order valence-corrected chi connectivity index (χ2v) is 5.96. The molecule has 0 radical (unpaired) electrons. The second kappa shape index (κ2) is 5.35. The van der Waals surface area contributed by atoms with E-state index in [-0.39, 0.29) is 5.41 Å². The maximum atomic E-state index is 4.10. The zero-order valence-corrected chi connectivity index (χ0v) is 11.7. The fourth-order valence-electron chi connectivity index (χ4n) is 1.59. The van der Waals surface area contributed by atoms with Crippen LogP contribution in [-0.2, 0) is 5.41 Å². The van der Waals surface area contributed by atoms with Crippen LogP contribution in [-0.4, -0.2) is 0 Å². The topological polar surface area (TPSA) is 0 Å². The van der Waals surface area contributed by atoms with Crippen LogP contribution in [0.15, 0.2) is 43.0 Å². The van der Waals surface area contributed by atoms with Crippen LogP contribution in [0.2, 0.25) is 0 Å². The Labute approximate surface area is 106 Å². The fraction of sp³-hybridized carbons (Fsp3) is 0.412. The van der Waals surface area contributed by atoms with Crippen LogP contribution in [0.1, 0.15) is 45.7 Å². The van der Waals surface area contributed by atoms with Crippen molar-refractivity contribution >= 4 is 5.57 Å². The molecule has 0 heterocycles. The van der Waals surface area contributed by atoms with Crippen LogP contribution in [0.4, 0.5) is 0 Å². The van der Waals surface area contributed by atoms with Crippen molar-refractivity contribution < 1.29 is 0 Å². The van der Waals surface area contributed by atoms with Crippen molar-refractivity contribution in [2.75, 3.05) is 0 Å². The van der Waals surface area contributed by atoms with E-state index in [1.807, 2.05) is 0 Å². The monoisotopic (exact) mass is 228 g/mol. The highest BCUT2D eigenvalue weighted by molar-refractivity contribution is 5.72. The van der Waals surface area contributed by atoms with E-state index in [2.05, 4.69) is 77.6 Å². The summed E-state index contributed by atoms with van der Waals surface area (Å²) in [6.07, 6.45) is 4.29. The third kappa shape index (κ3) is 4.22. The number of hydrogen-bond donors (Lipinski definition) is 0. The van der Waals surface area contributed by atoms with Gasteiger partial charge in [-0.1, -0.05) is 77.6 Å². The van der Waals surface area contributed by atoms with Gasteiger partial charge in [-0.15, -0.1) is 0 Å². The molecule has 0 saturated carbocycles. The molecule has 0 spiro atoms. The van der Waals surface area contributed by atoms with Gasteiger partial charge in [0, 0.05) is 0 Å². The number of benzene rings is 1. The van der Waals surface area contributed by atoms with Gasteiger partial charge in [0.25, 0.3) is 0 Å². The van der Waals surface area contributed by atoms with Gasteiger partial charge in [-0.25, -0.2) is 0 Å². The highest BCUT2D eigenvalue weighted by Gasteiger charge is 2.12. The van der Waals surface area contributed by atoms with Crippen LogP contribution in [0.5, 0.6) is 0 Å². The Morgan fingerprint density at radius 1 is 1.12 bits per heavy atom. The molecule has 0 saturated heterocycles. The van der Waals surface area contributed by atoms with Crippen molar-refractivity contribution in [3.8, 4) is 0 Å². The van der Waals surface area contributed by atoms with Crippen LogP contribution in [0, 0.1) is 5.92 Å². The minimum Gasteiger partial charge on any atom is -0.0912 e. The molecular formula is C17H24. The van der Waals surface area contributed by atoms with Crippen molar-refractivity contribution in [2.24, 2.45) is 5.92 Å². The smallest absolute Gasteiger partial charge is 0.0132 e. The summed E-state index contributed by atoms with van der Waals surface area (Å²) in [5.41, 5.74) is 3.86. The average Bonchev–Trinajstić information content (AvgIpc) is 2.25. The van der Waals surface area contributed by atoms with Gasteiger partial charge in [-0.3, -0.25) is 0 Å². The highest BCUT2D eigenvalue weighted by atomic mass is 14.2. The second-order valence-electron chi connectivity index (χ2n) is 5.96. The Kier molecular flexibility index (Phi) is 4.34. The molecule has 92 valence electrons. The SMILES string of the molecule is C=C(/C=C/C(C)C)c1ccc(C(C)(C)C)cc1. The number of allylic oxidation sites excluding steroid dienone is 3. The first-order valence-corrected chi connectivity index (χ1v) is 6.28. The third-order valence-corrected chi connectivity index (χ3v) is 2.80. The summed E-state index contributed by atoms with van der Waals surface area (Å²) in [4.78, 5) is 0. The van der Waals surface area contributed by atoms with E-state index in [4.69, 9.17) is 0 Å². The number of rotatable bonds is 3. The van der Waals surface area contributed by atoms with Crippen molar-refractivity contribution in [1.82, 2.24) is 0 Å². The predicted octanol–water partition coefficient (Wildman–Crippen LogP) is 5.21. The van der Waals surface area contributed by atoms with Gasteiger partial charge < -0.3 is 0 Å². The summed E-state index contributed by atoms with van der Waals surface area (Å²) < 4.78 is 0. The molecule has 0 amide bonds. The van der Waals surface area contributed by atoms with Gasteiger partial charge in [0.2, 0.25) is 0 Å². The summed E-state index contributed by atoms with van der Waals surface area (Å²) in [6.45, 7) is 15.1. The molecule has 0 unspecified atom stereocenters. The van der Waals surface area contributed by atoms with Crippen LogP contribution in [0.25, 0.3) is 5.57 Å². The lowest BCUT2D eigenvalue weighted by atomic mass is 9.86. The van der Waals surface area contributed by atoms with E-state index >= 15 is 0 Å². The van der Waals surface area contributed by atoms with Gasteiger partial charge in [0.1, 0.15) is 0 Å². The average molecular weight is 228 g/mol. The first-order valence-electron chi connectivity index (χ1n) is 6.28. The Morgan fingerprint density at radius 2 is 1.65 bits per heavy atom. The summed E-state index contributed by atoms with van der Waals surface area (Å²) in [5.74, 6) is 0.570. The van der Waals surface area contributed by atoms with Crippen LogP contribution >= 0.6 is 0 Å². The van der Waals surface area contributed by atoms with Gasteiger partial charge in [-0.2, -0.15) is 0 Å². The zero-order chi connectivity index (χ0) is 13.1. The largest absolute Gasteiger partial charge is 0.0912 e. The molecule has 0 fully saturated rings. The maximum Gasteiger partial charge on any atom is -0.0132 e. The molecule has 0 heteroatoms. The van der Waals surface area contributed by atoms with Gasteiger partial charge in [0.05, 0.1) is 0 Å². The Bertz CT molecular complexity index is 397. The third-order valence-electron chi connectivity index (χ3n) is 2.80. The number of hydrogen-bond acceptors (Lipinski definition) is 0. The van der Waals surface area contributed by atoms with E-state index in [1.54, 1.807) is 0 Å². The zero-order valence-electron chi connectivity index (χ0n) is 11.7. The molecular weight excluding hydrogens is 204 g/mol. The molecule has 0 aromatic heterocycles. The summed E-state index contributed by atoms with van der Waals surface area (Å²) in [5, 5.41) is 0. The molecule has 0 bridgehead atoms. The van der Waals surface area contributed by atoms with Crippen molar-refractivity contribution in [2.45, 2.75) is 40.0 Å². The summed E-state index contributed by atoms with van der Waals surface area (Å²) in [7, 11) is 0. The molecule has 1 rings (SSSR count). The lowest BCUT2D eigenvalue weighted by molar-refractivity contribution is 0.590. The quantitative estimate of drug-likeness (QED) is 0.623. The Morgan fingerprint density at radius 3 is 2.06 bits per heavy atom. The minimum atomic E-state index is 0.216. The van der Waals surface area contributed by atoms with Crippen LogP contribution < -0.4 is 0 Å². The van der Waals surface area contributed by atoms with Crippen molar-refractivity contribution in [1.29, 1.82) is 0 Å². The molecule has 17 heavy (non-hydrogen) atoms.